The van der Waals surface area contributed by atoms with Gasteiger partial charge in [-0.05, 0) is 56.2 Å². The minimum Gasteiger partial charge on any atom is -0.357 e. The van der Waals surface area contributed by atoms with Crippen LogP contribution in [0.3, 0.4) is 0 Å². The molecule has 0 radical (unpaired) electrons. The number of aryl methyl sites for hydroxylation is 2. The zero-order chi connectivity index (χ0) is 19.6. The number of ketones is 1. The van der Waals surface area contributed by atoms with Gasteiger partial charge in [0.1, 0.15) is 0 Å². The van der Waals surface area contributed by atoms with Gasteiger partial charge >= 0.3 is 0 Å². The lowest BCUT2D eigenvalue weighted by molar-refractivity contribution is -0.119. The number of hydrogen-bond donors (Lipinski definition) is 1. The Bertz CT molecular complexity index is 1250. The number of carbonyl (C=O) groups is 1. The summed E-state index contributed by atoms with van der Waals surface area (Å²) >= 11 is 0. The largest absolute Gasteiger partial charge is 0.357 e. The number of aromatic nitrogens is 1. The SMILES string of the molecule is Cc1ccc(S(=O)(=O)N2C3Cc4c([nH]c5ccc(C)cc45)C2C=CC3=O)cc1. The van der Waals surface area contributed by atoms with Crippen LogP contribution in [-0.4, -0.2) is 29.5 Å². The second kappa shape index (κ2) is 5.90. The van der Waals surface area contributed by atoms with E-state index in [0.717, 1.165) is 33.3 Å². The summed E-state index contributed by atoms with van der Waals surface area (Å²) in [6.07, 6.45) is 3.60. The number of fused-ring (bicyclic) bond motifs is 6. The van der Waals surface area contributed by atoms with Gasteiger partial charge in [-0.25, -0.2) is 8.42 Å². The monoisotopic (exact) mass is 392 g/mol. The van der Waals surface area contributed by atoms with E-state index in [0.29, 0.717) is 6.42 Å². The maximum atomic E-state index is 13.5. The molecule has 0 aliphatic carbocycles. The van der Waals surface area contributed by atoms with Gasteiger partial charge in [-0.15, -0.1) is 0 Å². The van der Waals surface area contributed by atoms with Gasteiger partial charge in [0, 0.05) is 16.6 Å². The third-order valence-corrected chi connectivity index (χ3v) is 7.64. The summed E-state index contributed by atoms with van der Waals surface area (Å²) in [5.41, 5.74) is 4.99. The molecule has 2 aromatic carbocycles. The predicted molar refractivity (Wildman–Crippen MR) is 108 cm³/mol. The van der Waals surface area contributed by atoms with E-state index in [4.69, 9.17) is 0 Å². The van der Waals surface area contributed by atoms with Gasteiger partial charge in [0.15, 0.2) is 5.78 Å². The Hall–Kier alpha value is -2.70. The molecule has 5 nitrogen and oxygen atoms in total. The molecular weight excluding hydrogens is 372 g/mol. The Balaban J connectivity index is 1.71. The maximum Gasteiger partial charge on any atom is 0.244 e. The molecule has 1 N–H and O–H groups in total. The Morgan fingerprint density at radius 2 is 1.75 bits per heavy atom. The summed E-state index contributed by atoms with van der Waals surface area (Å²) in [6.45, 7) is 3.94. The molecule has 2 bridgehead atoms. The number of sulfonamides is 1. The van der Waals surface area contributed by atoms with Crippen LogP contribution in [0.4, 0.5) is 0 Å². The van der Waals surface area contributed by atoms with Crippen molar-refractivity contribution in [3.05, 3.63) is 77.0 Å². The molecule has 2 unspecified atom stereocenters. The third kappa shape index (κ3) is 2.41. The number of nitrogens with zero attached hydrogens (tertiary/aromatic N) is 1. The summed E-state index contributed by atoms with van der Waals surface area (Å²) in [5, 5.41) is 1.07. The van der Waals surface area contributed by atoms with Crippen molar-refractivity contribution in [2.24, 2.45) is 0 Å². The van der Waals surface area contributed by atoms with E-state index in [2.05, 4.69) is 11.1 Å². The Morgan fingerprint density at radius 3 is 2.50 bits per heavy atom. The lowest BCUT2D eigenvalue weighted by Crippen LogP contribution is -2.52. The summed E-state index contributed by atoms with van der Waals surface area (Å²) < 4.78 is 28.3. The highest BCUT2D eigenvalue weighted by Crippen LogP contribution is 2.43. The quantitative estimate of drug-likeness (QED) is 0.725. The second-order valence-electron chi connectivity index (χ2n) is 7.64. The van der Waals surface area contributed by atoms with Crippen LogP contribution in [0.1, 0.15) is 28.4 Å². The van der Waals surface area contributed by atoms with Crippen molar-refractivity contribution in [3.8, 4) is 0 Å². The normalized spacial score (nSPS) is 21.9. The average Bonchev–Trinajstić information content (AvgIpc) is 3.02. The van der Waals surface area contributed by atoms with E-state index in [1.165, 1.54) is 10.4 Å². The molecule has 6 heteroatoms. The van der Waals surface area contributed by atoms with Crippen LogP contribution in [0, 0.1) is 13.8 Å². The van der Waals surface area contributed by atoms with Crippen LogP contribution in [0.15, 0.2) is 59.5 Å². The van der Waals surface area contributed by atoms with Gasteiger partial charge < -0.3 is 4.98 Å². The van der Waals surface area contributed by atoms with E-state index < -0.39 is 22.1 Å². The van der Waals surface area contributed by atoms with E-state index in [1.54, 1.807) is 30.3 Å². The van der Waals surface area contributed by atoms with Crippen molar-refractivity contribution in [2.75, 3.05) is 0 Å². The molecular formula is C22H20N2O3S. The highest BCUT2D eigenvalue weighted by atomic mass is 32.2. The van der Waals surface area contributed by atoms with Crippen molar-refractivity contribution in [1.29, 1.82) is 0 Å². The number of H-pyrrole nitrogens is 1. The molecule has 0 amide bonds. The highest BCUT2D eigenvalue weighted by molar-refractivity contribution is 7.89. The van der Waals surface area contributed by atoms with Crippen LogP contribution >= 0.6 is 0 Å². The minimum atomic E-state index is -3.82. The standard InChI is InChI=1S/C22H20N2O3S/c1-13-3-6-15(7-4-13)28(26,27)24-19-9-10-21(25)20(24)12-17-16-11-14(2)5-8-18(16)23-22(17)19/h3-11,19-20,23H,12H2,1-2H3. The van der Waals surface area contributed by atoms with Crippen LogP contribution < -0.4 is 0 Å². The number of carbonyl (C=O) groups excluding carboxylic acids is 1. The molecule has 1 aromatic heterocycles. The fourth-order valence-corrected chi connectivity index (χ4v) is 6.02. The van der Waals surface area contributed by atoms with Crippen molar-refractivity contribution in [2.45, 2.75) is 37.2 Å². The zero-order valence-electron chi connectivity index (χ0n) is 15.6. The van der Waals surface area contributed by atoms with Gasteiger partial charge in [0.25, 0.3) is 0 Å². The van der Waals surface area contributed by atoms with Gasteiger partial charge in [-0.1, -0.05) is 35.4 Å². The Labute approximate surface area is 163 Å². The number of aromatic amines is 1. The fraction of sp³-hybridized carbons (Fsp3) is 0.227. The Morgan fingerprint density at radius 1 is 1.04 bits per heavy atom. The summed E-state index contributed by atoms with van der Waals surface area (Å²) in [6, 6.07) is 11.7. The first kappa shape index (κ1) is 17.4. The maximum absolute atomic E-state index is 13.5. The zero-order valence-corrected chi connectivity index (χ0v) is 16.5. The van der Waals surface area contributed by atoms with Crippen LogP contribution in [0.2, 0.25) is 0 Å². The van der Waals surface area contributed by atoms with Gasteiger partial charge in [0.2, 0.25) is 10.0 Å². The first-order valence-electron chi connectivity index (χ1n) is 9.29. The van der Waals surface area contributed by atoms with Crippen LogP contribution in [-0.2, 0) is 21.2 Å². The molecule has 142 valence electrons. The molecule has 0 saturated carbocycles. The Kier molecular flexibility index (Phi) is 3.66. The second-order valence-corrected chi connectivity index (χ2v) is 9.48. The third-order valence-electron chi connectivity index (χ3n) is 5.74. The smallest absolute Gasteiger partial charge is 0.244 e. The fourth-order valence-electron chi connectivity index (χ4n) is 4.31. The molecule has 0 spiro atoms. The van der Waals surface area contributed by atoms with Crippen molar-refractivity contribution >= 4 is 26.7 Å². The topological polar surface area (TPSA) is 70.2 Å². The van der Waals surface area contributed by atoms with Crippen LogP contribution in [0.25, 0.3) is 10.9 Å². The first-order valence-corrected chi connectivity index (χ1v) is 10.7. The molecule has 2 atom stereocenters. The van der Waals surface area contributed by atoms with Crippen molar-refractivity contribution < 1.29 is 13.2 Å². The summed E-state index contributed by atoms with van der Waals surface area (Å²) in [4.78, 5) is 16.3. The van der Waals surface area contributed by atoms with Gasteiger partial charge in [-0.2, -0.15) is 4.31 Å². The molecule has 3 aromatic rings. The molecule has 5 rings (SSSR count). The summed E-state index contributed by atoms with van der Waals surface area (Å²) in [5.74, 6) is -0.167. The average molecular weight is 392 g/mol. The molecule has 0 fully saturated rings. The molecule has 3 heterocycles. The van der Waals surface area contributed by atoms with E-state index >= 15 is 0 Å². The van der Waals surface area contributed by atoms with Gasteiger partial charge in [0.05, 0.1) is 17.0 Å². The van der Waals surface area contributed by atoms with E-state index in [9.17, 15) is 13.2 Å². The number of rotatable bonds is 2. The van der Waals surface area contributed by atoms with Crippen molar-refractivity contribution in [1.82, 2.24) is 9.29 Å². The highest BCUT2D eigenvalue weighted by Gasteiger charge is 2.47. The molecule has 2 aliphatic heterocycles. The number of benzene rings is 2. The molecule has 28 heavy (non-hydrogen) atoms. The van der Waals surface area contributed by atoms with E-state index in [1.807, 2.05) is 26.0 Å². The predicted octanol–water partition coefficient (Wildman–Crippen LogP) is 3.58. The lowest BCUT2D eigenvalue weighted by atomic mass is 9.88. The first-order chi connectivity index (χ1) is 13.4. The number of nitrogens with one attached hydrogen (secondary N) is 1. The van der Waals surface area contributed by atoms with Gasteiger partial charge in [-0.3, -0.25) is 4.79 Å². The minimum absolute atomic E-state index is 0.167. The van der Waals surface area contributed by atoms with Crippen molar-refractivity contribution in [3.63, 3.8) is 0 Å². The van der Waals surface area contributed by atoms with Crippen LogP contribution in [0.5, 0.6) is 0 Å². The van der Waals surface area contributed by atoms with E-state index in [-0.39, 0.29) is 10.7 Å². The molecule has 0 saturated heterocycles. The molecule has 2 aliphatic rings. The number of hydrogen-bond acceptors (Lipinski definition) is 3. The lowest BCUT2D eigenvalue weighted by Gasteiger charge is -2.40. The summed E-state index contributed by atoms with van der Waals surface area (Å²) in [7, 11) is -3.82.